The molecule has 0 aliphatic rings. The van der Waals surface area contributed by atoms with Crippen LogP contribution in [0.5, 0.6) is 0 Å². The maximum Gasteiger partial charge on any atom is 0.342 e. The van der Waals surface area contributed by atoms with Crippen molar-refractivity contribution in [2.45, 2.75) is 20.3 Å². The molecular weight excluding hydrogens is 254 g/mol. The summed E-state index contributed by atoms with van der Waals surface area (Å²) in [4.78, 5) is 11.8. The lowest BCUT2D eigenvalue weighted by Crippen LogP contribution is -2.07. The summed E-state index contributed by atoms with van der Waals surface area (Å²) >= 11 is 0. The predicted molar refractivity (Wildman–Crippen MR) is 73.6 cm³/mol. The van der Waals surface area contributed by atoms with E-state index in [9.17, 15) is 10.1 Å². The van der Waals surface area contributed by atoms with Gasteiger partial charge in [0.25, 0.3) is 0 Å². The van der Waals surface area contributed by atoms with Crippen molar-refractivity contribution in [3.05, 3.63) is 47.3 Å². The molecule has 1 heterocycles. The molecule has 0 fully saturated rings. The Labute approximate surface area is 117 Å². The smallest absolute Gasteiger partial charge is 0.342 e. The number of rotatable bonds is 4. The van der Waals surface area contributed by atoms with Gasteiger partial charge >= 0.3 is 5.97 Å². The number of ether oxygens (including phenoxy) is 1. The van der Waals surface area contributed by atoms with Gasteiger partial charge in [-0.25, -0.2) is 9.48 Å². The first-order valence-corrected chi connectivity index (χ1v) is 6.45. The van der Waals surface area contributed by atoms with Crippen LogP contribution in [0.25, 0.3) is 5.69 Å². The third-order valence-electron chi connectivity index (χ3n) is 2.93. The number of aromatic nitrogens is 2. The maximum atomic E-state index is 11.8. The number of carbonyl (C=O) groups is 1. The number of carbonyl (C=O) groups excluding carboxylic acids is 1. The second kappa shape index (κ2) is 6.02. The van der Waals surface area contributed by atoms with Crippen molar-refractivity contribution in [1.82, 2.24) is 9.78 Å². The Balaban J connectivity index is 2.48. The number of hydrogen-bond donors (Lipinski definition) is 0. The Morgan fingerprint density at radius 1 is 1.45 bits per heavy atom. The van der Waals surface area contributed by atoms with Crippen molar-refractivity contribution in [3.8, 4) is 11.8 Å². The number of aryl methyl sites for hydroxylation is 1. The van der Waals surface area contributed by atoms with Crippen molar-refractivity contribution in [2.24, 2.45) is 0 Å². The fourth-order valence-electron chi connectivity index (χ4n) is 1.92. The molecule has 1 aromatic carbocycles. The van der Waals surface area contributed by atoms with E-state index in [2.05, 4.69) is 12.0 Å². The summed E-state index contributed by atoms with van der Waals surface area (Å²) < 4.78 is 6.38. The fraction of sp³-hybridized carbons (Fsp3) is 0.267. The lowest BCUT2D eigenvalue weighted by Gasteiger charge is -2.05. The minimum atomic E-state index is -0.526. The third-order valence-corrected chi connectivity index (χ3v) is 2.93. The number of esters is 1. The van der Waals surface area contributed by atoms with Gasteiger partial charge in [0.15, 0.2) is 5.69 Å². The number of nitriles is 1. The zero-order chi connectivity index (χ0) is 14.5. The minimum absolute atomic E-state index is 0.191. The SMILES string of the molecule is CCOC(=O)c1cnn(-c2cccc(CC)c2)c1C#N. The molecule has 1 aromatic heterocycles. The summed E-state index contributed by atoms with van der Waals surface area (Å²) in [6.07, 6.45) is 2.26. The third kappa shape index (κ3) is 2.54. The summed E-state index contributed by atoms with van der Waals surface area (Å²) in [5, 5.41) is 13.4. The van der Waals surface area contributed by atoms with Gasteiger partial charge in [-0.2, -0.15) is 10.4 Å². The van der Waals surface area contributed by atoms with Gasteiger partial charge in [-0.3, -0.25) is 0 Å². The normalized spacial score (nSPS) is 10.1. The quantitative estimate of drug-likeness (QED) is 0.800. The van der Waals surface area contributed by atoms with Gasteiger partial charge in [0.05, 0.1) is 18.5 Å². The monoisotopic (exact) mass is 269 g/mol. The highest BCUT2D eigenvalue weighted by atomic mass is 16.5. The highest BCUT2D eigenvalue weighted by molar-refractivity contribution is 5.91. The zero-order valence-corrected chi connectivity index (χ0v) is 11.5. The number of benzene rings is 1. The van der Waals surface area contributed by atoms with Crippen LogP contribution in [0.3, 0.4) is 0 Å². The van der Waals surface area contributed by atoms with Gasteiger partial charge < -0.3 is 4.74 Å². The predicted octanol–water partition coefficient (Wildman–Crippen LogP) is 2.48. The van der Waals surface area contributed by atoms with Gasteiger partial charge in [-0.1, -0.05) is 19.1 Å². The van der Waals surface area contributed by atoms with Crippen LogP contribution in [0.1, 0.15) is 35.5 Å². The lowest BCUT2D eigenvalue weighted by molar-refractivity contribution is 0.0526. The highest BCUT2D eigenvalue weighted by Gasteiger charge is 2.19. The summed E-state index contributed by atoms with van der Waals surface area (Å²) in [5.74, 6) is -0.526. The Morgan fingerprint density at radius 3 is 2.90 bits per heavy atom. The molecule has 0 unspecified atom stereocenters. The van der Waals surface area contributed by atoms with Gasteiger partial charge in [0, 0.05) is 0 Å². The Hall–Kier alpha value is -2.61. The van der Waals surface area contributed by atoms with Crippen LogP contribution < -0.4 is 0 Å². The van der Waals surface area contributed by atoms with E-state index < -0.39 is 5.97 Å². The first-order chi connectivity index (χ1) is 9.71. The topological polar surface area (TPSA) is 67.9 Å². The van der Waals surface area contributed by atoms with Crippen LogP contribution in [0.2, 0.25) is 0 Å². The second-order valence-electron chi connectivity index (χ2n) is 4.17. The van der Waals surface area contributed by atoms with Gasteiger partial charge in [0.2, 0.25) is 0 Å². The van der Waals surface area contributed by atoms with Crippen molar-refractivity contribution in [2.75, 3.05) is 6.61 Å². The Morgan fingerprint density at radius 2 is 2.25 bits per heavy atom. The van der Waals surface area contributed by atoms with Crippen molar-refractivity contribution >= 4 is 5.97 Å². The van der Waals surface area contributed by atoms with Crippen LogP contribution in [0.4, 0.5) is 0 Å². The maximum absolute atomic E-state index is 11.8. The molecule has 0 saturated carbocycles. The number of nitrogens with zero attached hydrogens (tertiary/aromatic N) is 3. The largest absolute Gasteiger partial charge is 0.462 e. The van der Waals surface area contributed by atoms with E-state index in [1.165, 1.54) is 10.9 Å². The molecule has 0 radical (unpaired) electrons. The molecule has 0 spiro atoms. The van der Waals surface area contributed by atoms with Gasteiger partial charge in [-0.05, 0) is 31.0 Å². The van der Waals surface area contributed by atoms with E-state index in [4.69, 9.17) is 4.74 Å². The molecule has 0 aliphatic carbocycles. The second-order valence-corrected chi connectivity index (χ2v) is 4.17. The molecule has 0 atom stereocenters. The summed E-state index contributed by atoms with van der Waals surface area (Å²) in [6.45, 7) is 4.04. The molecule has 2 aromatic rings. The van der Waals surface area contributed by atoms with Crippen molar-refractivity contribution in [1.29, 1.82) is 5.26 Å². The molecule has 0 bridgehead atoms. The Kier molecular flexibility index (Phi) is 4.16. The van der Waals surface area contributed by atoms with Crippen LogP contribution in [-0.2, 0) is 11.2 Å². The van der Waals surface area contributed by atoms with E-state index >= 15 is 0 Å². The summed E-state index contributed by atoms with van der Waals surface area (Å²) in [6, 6.07) is 9.72. The van der Waals surface area contributed by atoms with Crippen LogP contribution in [0, 0.1) is 11.3 Å². The first kappa shape index (κ1) is 13.8. The zero-order valence-electron chi connectivity index (χ0n) is 11.5. The van der Waals surface area contributed by atoms with E-state index in [1.54, 1.807) is 6.92 Å². The number of hydrogen-bond acceptors (Lipinski definition) is 4. The van der Waals surface area contributed by atoms with E-state index in [-0.39, 0.29) is 17.9 Å². The average Bonchev–Trinajstić information content (AvgIpc) is 2.91. The first-order valence-electron chi connectivity index (χ1n) is 6.45. The van der Waals surface area contributed by atoms with Crippen LogP contribution >= 0.6 is 0 Å². The van der Waals surface area contributed by atoms with Gasteiger partial charge in [0.1, 0.15) is 11.6 Å². The molecule has 0 saturated heterocycles. The fourth-order valence-corrected chi connectivity index (χ4v) is 1.92. The molecule has 0 aliphatic heterocycles. The van der Waals surface area contributed by atoms with Crippen LogP contribution in [0.15, 0.2) is 30.5 Å². The molecule has 5 heteroatoms. The minimum Gasteiger partial charge on any atom is -0.462 e. The molecule has 0 N–H and O–H groups in total. The summed E-state index contributed by atoms with van der Waals surface area (Å²) in [7, 11) is 0. The molecule has 20 heavy (non-hydrogen) atoms. The van der Waals surface area contributed by atoms with E-state index in [0.29, 0.717) is 0 Å². The summed E-state index contributed by atoms with van der Waals surface area (Å²) in [5.41, 5.74) is 2.28. The van der Waals surface area contributed by atoms with Gasteiger partial charge in [-0.15, -0.1) is 0 Å². The molecule has 5 nitrogen and oxygen atoms in total. The molecular formula is C15H15N3O2. The van der Waals surface area contributed by atoms with E-state index in [1.807, 2.05) is 30.3 Å². The van der Waals surface area contributed by atoms with Crippen molar-refractivity contribution in [3.63, 3.8) is 0 Å². The Bertz CT molecular complexity index is 668. The highest BCUT2D eigenvalue weighted by Crippen LogP contribution is 2.16. The van der Waals surface area contributed by atoms with Crippen LogP contribution in [-0.4, -0.2) is 22.4 Å². The lowest BCUT2D eigenvalue weighted by atomic mass is 10.1. The van der Waals surface area contributed by atoms with E-state index in [0.717, 1.165) is 17.7 Å². The van der Waals surface area contributed by atoms with Crippen molar-refractivity contribution < 1.29 is 9.53 Å². The average molecular weight is 269 g/mol. The standard InChI is InChI=1S/C15H15N3O2/c1-3-11-6-5-7-12(8-11)18-14(9-16)13(10-17-18)15(19)20-4-2/h5-8,10H,3-4H2,1-2H3. The molecule has 2 rings (SSSR count). The molecule has 0 amide bonds. The molecule has 102 valence electrons.